The van der Waals surface area contributed by atoms with Crippen molar-refractivity contribution >= 4 is 28.5 Å². The Labute approximate surface area is 178 Å². The summed E-state index contributed by atoms with van der Waals surface area (Å²) in [6.45, 7) is 2.98. The highest BCUT2D eigenvalue weighted by atomic mass is 16.5. The van der Waals surface area contributed by atoms with E-state index in [2.05, 4.69) is 0 Å². The Kier molecular flexibility index (Phi) is 4.44. The van der Waals surface area contributed by atoms with Gasteiger partial charge in [-0.25, -0.2) is 0 Å². The number of fused-ring (bicyclic) bond motifs is 5. The van der Waals surface area contributed by atoms with E-state index in [-0.39, 0.29) is 29.2 Å². The van der Waals surface area contributed by atoms with E-state index in [4.69, 9.17) is 9.15 Å². The smallest absolute Gasteiger partial charge is 0.291 e. The molecule has 1 spiro atoms. The lowest BCUT2D eigenvalue weighted by Gasteiger charge is -2.34. The van der Waals surface area contributed by atoms with Crippen molar-refractivity contribution in [2.24, 2.45) is 0 Å². The van der Waals surface area contributed by atoms with Crippen LogP contribution in [0.4, 0.5) is 5.69 Å². The van der Waals surface area contributed by atoms with Gasteiger partial charge in [0, 0.05) is 32.4 Å². The van der Waals surface area contributed by atoms with E-state index >= 15 is 0 Å². The summed E-state index contributed by atoms with van der Waals surface area (Å²) in [7, 11) is 1.59. The van der Waals surface area contributed by atoms with Crippen molar-refractivity contribution in [1.29, 1.82) is 0 Å². The molecule has 0 aliphatic carbocycles. The third-order valence-electron chi connectivity index (χ3n) is 6.19. The van der Waals surface area contributed by atoms with Gasteiger partial charge in [0.2, 0.25) is 5.76 Å². The Hall–Kier alpha value is -3.45. The number of benzene rings is 2. The van der Waals surface area contributed by atoms with E-state index < -0.39 is 11.4 Å². The molecule has 0 bridgehead atoms. The molecule has 1 aromatic heterocycles. The van der Waals surface area contributed by atoms with Crippen LogP contribution in [0.2, 0.25) is 0 Å². The highest BCUT2D eigenvalue weighted by molar-refractivity contribution is 6.17. The molecule has 158 valence electrons. The molecule has 2 aromatic carbocycles. The van der Waals surface area contributed by atoms with E-state index in [0.717, 1.165) is 0 Å². The van der Waals surface area contributed by atoms with Crippen LogP contribution in [0, 0.1) is 0 Å². The van der Waals surface area contributed by atoms with Crippen molar-refractivity contribution in [2.45, 2.75) is 18.9 Å². The van der Waals surface area contributed by atoms with Gasteiger partial charge in [-0.05, 0) is 31.5 Å². The molecule has 2 aliphatic heterocycles. The zero-order valence-corrected chi connectivity index (χ0v) is 17.4. The van der Waals surface area contributed by atoms with E-state index in [9.17, 15) is 14.4 Å². The Morgan fingerprint density at radius 1 is 1.03 bits per heavy atom. The van der Waals surface area contributed by atoms with Crippen LogP contribution in [-0.4, -0.2) is 43.5 Å². The monoisotopic (exact) mass is 418 g/mol. The fourth-order valence-corrected chi connectivity index (χ4v) is 4.92. The van der Waals surface area contributed by atoms with Crippen molar-refractivity contribution < 1.29 is 18.7 Å². The minimum Gasteiger partial charge on any atom is -0.450 e. The molecule has 3 heterocycles. The summed E-state index contributed by atoms with van der Waals surface area (Å²) >= 11 is 0. The number of hydrogen-bond donors (Lipinski definition) is 0. The molecule has 7 heteroatoms. The van der Waals surface area contributed by atoms with Crippen molar-refractivity contribution in [3.63, 3.8) is 0 Å². The number of likely N-dealkylation sites (N-methyl/N-ethyl adjacent to an activating group) is 1. The van der Waals surface area contributed by atoms with Crippen molar-refractivity contribution in [3.8, 4) is 0 Å². The van der Waals surface area contributed by atoms with Crippen LogP contribution < -0.4 is 10.3 Å². The number of methoxy groups -OCH3 is 1. The molecule has 0 saturated carbocycles. The Morgan fingerprint density at radius 2 is 1.77 bits per heavy atom. The summed E-state index contributed by atoms with van der Waals surface area (Å²) in [5.41, 5.74) is -0.0896. The zero-order chi connectivity index (χ0) is 21.8. The van der Waals surface area contributed by atoms with E-state index in [1.165, 1.54) is 4.90 Å². The van der Waals surface area contributed by atoms with E-state index in [0.29, 0.717) is 41.8 Å². The second-order valence-electron chi connectivity index (χ2n) is 7.71. The summed E-state index contributed by atoms with van der Waals surface area (Å²) in [5, 5.41) is 0.354. The first-order valence-electron chi connectivity index (χ1n) is 10.4. The highest BCUT2D eigenvalue weighted by Crippen LogP contribution is 2.52. The van der Waals surface area contributed by atoms with Gasteiger partial charge in [0.1, 0.15) is 5.58 Å². The first-order valence-corrected chi connectivity index (χ1v) is 10.4. The van der Waals surface area contributed by atoms with Crippen LogP contribution in [0.5, 0.6) is 0 Å². The van der Waals surface area contributed by atoms with Gasteiger partial charge in [0.05, 0.1) is 16.6 Å². The molecule has 5 rings (SSSR count). The van der Waals surface area contributed by atoms with Crippen molar-refractivity contribution in [3.05, 3.63) is 75.6 Å². The third kappa shape index (κ3) is 2.41. The zero-order valence-electron chi connectivity index (χ0n) is 17.4. The molecule has 3 aromatic rings. The number of ether oxygens (including phenoxy) is 1. The number of anilines is 1. The topological polar surface area (TPSA) is 80.1 Å². The van der Waals surface area contributed by atoms with Crippen LogP contribution in [0.3, 0.4) is 0 Å². The van der Waals surface area contributed by atoms with Gasteiger partial charge < -0.3 is 19.0 Å². The molecule has 0 saturated heterocycles. The Balaban J connectivity index is 1.87. The minimum absolute atomic E-state index is 0.0535. The number of rotatable bonds is 5. The quantitative estimate of drug-likeness (QED) is 0.596. The van der Waals surface area contributed by atoms with Crippen LogP contribution in [0.1, 0.15) is 35.0 Å². The number of hydrogen-bond acceptors (Lipinski definition) is 5. The number of amides is 2. The van der Waals surface area contributed by atoms with Crippen LogP contribution in [-0.2, 0) is 15.1 Å². The van der Waals surface area contributed by atoms with Crippen LogP contribution in [0.25, 0.3) is 11.0 Å². The fourth-order valence-electron chi connectivity index (χ4n) is 4.92. The number of para-hydroxylation sites is 2. The lowest BCUT2D eigenvalue weighted by atomic mass is 9.84. The predicted octanol–water partition coefficient (Wildman–Crippen LogP) is 2.90. The second kappa shape index (κ2) is 7.06. The van der Waals surface area contributed by atoms with Crippen molar-refractivity contribution in [2.75, 3.05) is 31.7 Å². The van der Waals surface area contributed by atoms with Crippen LogP contribution >= 0.6 is 0 Å². The van der Waals surface area contributed by atoms with Gasteiger partial charge in [-0.1, -0.05) is 30.3 Å². The number of carbonyl (C=O) groups excluding carboxylic acids is 2. The Bertz CT molecular complexity index is 1280. The van der Waals surface area contributed by atoms with Crippen molar-refractivity contribution in [1.82, 2.24) is 4.90 Å². The fraction of sp³-hybridized carbons (Fsp3) is 0.292. The highest BCUT2D eigenvalue weighted by Gasteiger charge is 2.64. The van der Waals surface area contributed by atoms with Gasteiger partial charge in [0.25, 0.3) is 11.8 Å². The molecule has 0 N–H and O–H groups in total. The van der Waals surface area contributed by atoms with E-state index in [1.54, 1.807) is 36.3 Å². The average molecular weight is 418 g/mol. The summed E-state index contributed by atoms with van der Waals surface area (Å²) in [6, 6.07) is 14.2. The lowest BCUT2D eigenvalue weighted by Crippen LogP contribution is -2.53. The lowest BCUT2D eigenvalue weighted by molar-refractivity contribution is -0.126. The molecule has 0 fully saturated rings. The molecular formula is C24H22N2O5. The first-order chi connectivity index (χ1) is 15.1. The molecule has 0 unspecified atom stereocenters. The third-order valence-corrected chi connectivity index (χ3v) is 6.19. The van der Waals surface area contributed by atoms with Gasteiger partial charge >= 0.3 is 0 Å². The van der Waals surface area contributed by atoms with Gasteiger partial charge in [-0.2, -0.15) is 0 Å². The first kappa shape index (κ1) is 19.5. The summed E-state index contributed by atoms with van der Waals surface area (Å²) in [5.74, 6) is -0.805. The normalized spacial score (nSPS) is 19.5. The largest absolute Gasteiger partial charge is 0.450 e. The molecular weight excluding hydrogens is 396 g/mol. The maximum Gasteiger partial charge on any atom is 0.291 e. The maximum absolute atomic E-state index is 14.0. The van der Waals surface area contributed by atoms with Gasteiger partial charge in [-0.15, -0.1) is 0 Å². The molecule has 0 radical (unpaired) electrons. The minimum atomic E-state index is -1.53. The predicted molar refractivity (Wildman–Crippen MR) is 115 cm³/mol. The molecule has 2 amide bonds. The Morgan fingerprint density at radius 3 is 2.55 bits per heavy atom. The number of carbonyl (C=O) groups is 2. The summed E-state index contributed by atoms with van der Waals surface area (Å²) in [4.78, 5) is 44.4. The maximum atomic E-state index is 14.0. The SMILES string of the molecule is CCN1C(=O)[C@]2(c3ccccc31)c1c(oc3ccccc3c1=O)C(=O)N2CCCOC. The second-order valence-corrected chi connectivity index (χ2v) is 7.71. The molecule has 31 heavy (non-hydrogen) atoms. The van der Waals surface area contributed by atoms with Gasteiger partial charge in [0.15, 0.2) is 11.0 Å². The van der Waals surface area contributed by atoms with Crippen LogP contribution in [0.15, 0.2) is 57.7 Å². The molecule has 1 atom stereocenters. The summed E-state index contributed by atoms with van der Waals surface area (Å²) < 4.78 is 11.1. The average Bonchev–Trinajstić information content (AvgIpc) is 3.18. The molecule has 7 nitrogen and oxygen atoms in total. The standard InChI is InChI=1S/C24H22N2O5/c1-3-25-17-11-6-5-10-16(17)24(23(25)29)19-20(27)15-9-4-7-12-18(15)31-21(19)22(28)26(24)13-8-14-30-2/h4-7,9-12H,3,8,13-14H2,1-2H3/t24-/m0/s1. The summed E-state index contributed by atoms with van der Waals surface area (Å²) in [6.07, 6.45) is 0.521. The van der Waals surface area contributed by atoms with E-state index in [1.807, 2.05) is 31.2 Å². The number of nitrogens with zero attached hydrogens (tertiary/aromatic N) is 2. The molecule has 2 aliphatic rings. The van der Waals surface area contributed by atoms with Gasteiger partial charge in [-0.3, -0.25) is 14.4 Å².